The molecule has 0 bridgehead atoms. The van der Waals surface area contributed by atoms with Crippen LogP contribution in [0.15, 0.2) is 28.7 Å². The van der Waals surface area contributed by atoms with Crippen LogP contribution in [0.25, 0.3) is 5.83 Å². The number of hydrogen-bond donors (Lipinski definition) is 0. The first-order chi connectivity index (χ1) is 5.65. The minimum absolute atomic E-state index is 0.172. The van der Waals surface area contributed by atoms with Crippen molar-refractivity contribution in [3.63, 3.8) is 0 Å². The Morgan fingerprint density at radius 1 is 1.50 bits per heavy atom. The lowest BCUT2D eigenvalue weighted by Crippen LogP contribution is -1.83. The lowest BCUT2D eigenvalue weighted by atomic mass is 10.1. The second-order valence-corrected chi connectivity index (χ2v) is 3.51. The van der Waals surface area contributed by atoms with Gasteiger partial charge in [-0.1, -0.05) is 28.1 Å². The van der Waals surface area contributed by atoms with Gasteiger partial charge in [0.05, 0.1) is 0 Å². The van der Waals surface area contributed by atoms with Gasteiger partial charge in [-0.3, -0.25) is 0 Å². The molecule has 0 spiro atoms. The van der Waals surface area contributed by atoms with E-state index in [0.29, 0.717) is 5.56 Å². The van der Waals surface area contributed by atoms with E-state index in [-0.39, 0.29) is 5.83 Å². The van der Waals surface area contributed by atoms with Crippen molar-refractivity contribution in [3.05, 3.63) is 39.9 Å². The summed E-state index contributed by atoms with van der Waals surface area (Å²) < 4.78 is 14.0. The molecule has 0 aromatic heterocycles. The predicted octanol–water partition coefficient (Wildman–Crippen LogP) is 4.09. The van der Waals surface area contributed by atoms with Crippen LogP contribution >= 0.6 is 15.9 Å². The quantitative estimate of drug-likeness (QED) is 0.680. The van der Waals surface area contributed by atoms with E-state index < -0.39 is 0 Å². The molecule has 0 saturated heterocycles. The Hall–Kier alpha value is -0.630. The first-order valence-corrected chi connectivity index (χ1v) is 4.53. The van der Waals surface area contributed by atoms with Gasteiger partial charge in [-0.2, -0.15) is 0 Å². The van der Waals surface area contributed by atoms with Gasteiger partial charge in [-0.05, 0) is 31.5 Å². The van der Waals surface area contributed by atoms with Gasteiger partial charge in [0.2, 0.25) is 0 Å². The predicted molar refractivity (Wildman–Crippen MR) is 53.6 cm³/mol. The van der Waals surface area contributed by atoms with Crippen molar-refractivity contribution in [2.45, 2.75) is 13.8 Å². The van der Waals surface area contributed by atoms with Crippen molar-refractivity contribution in [1.82, 2.24) is 0 Å². The van der Waals surface area contributed by atoms with Crippen LogP contribution in [-0.2, 0) is 0 Å². The zero-order chi connectivity index (χ0) is 9.14. The number of allylic oxidation sites excluding steroid dienone is 1. The molecule has 0 aliphatic rings. The molecule has 0 N–H and O–H groups in total. The summed E-state index contributed by atoms with van der Waals surface area (Å²) in [5.41, 5.74) is 1.61. The Kier molecular flexibility index (Phi) is 3.04. The summed E-state index contributed by atoms with van der Waals surface area (Å²) in [6.07, 6.45) is 1.47. The van der Waals surface area contributed by atoms with Gasteiger partial charge in [0, 0.05) is 10.0 Å². The molecule has 1 aromatic rings. The van der Waals surface area contributed by atoms with Crippen LogP contribution in [0.4, 0.5) is 4.39 Å². The van der Waals surface area contributed by atoms with Crippen LogP contribution in [-0.4, -0.2) is 0 Å². The fourth-order valence-corrected chi connectivity index (χ4v) is 1.37. The standard InChI is InChI=1S/C10H10BrF/c1-3-10(12)9-6-8(11)5-4-7(9)2/h3-6H,1-2H3/b10-3+. The van der Waals surface area contributed by atoms with E-state index in [4.69, 9.17) is 0 Å². The second-order valence-electron chi connectivity index (χ2n) is 2.60. The third-order valence-electron chi connectivity index (χ3n) is 1.71. The van der Waals surface area contributed by atoms with Gasteiger partial charge >= 0.3 is 0 Å². The van der Waals surface area contributed by atoms with Crippen LogP contribution in [0.1, 0.15) is 18.1 Å². The zero-order valence-electron chi connectivity index (χ0n) is 7.07. The Labute approximate surface area is 80.2 Å². The van der Waals surface area contributed by atoms with Crippen LogP contribution in [0.3, 0.4) is 0 Å². The average molecular weight is 229 g/mol. The summed E-state index contributed by atoms with van der Waals surface area (Å²) in [4.78, 5) is 0. The molecule has 1 aromatic carbocycles. The highest BCUT2D eigenvalue weighted by Gasteiger charge is 2.02. The SMILES string of the molecule is C/C=C(/F)c1cc(Br)ccc1C. The van der Waals surface area contributed by atoms with Crippen molar-refractivity contribution in [2.24, 2.45) is 0 Å². The molecule has 2 heteroatoms. The Balaban J connectivity index is 3.23. The number of rotatable bonds is 1. The summed E-state index contributed by atoms with van der Waals surface area (Å²) in [7, 11) is 0. The van der Waals surface area contributed by atoms with Crippen LogP contribution in [0.2, 0.25) is 0 Å². The van der Waals surface area contributed by atoms with E-state index in [2.05, 4.69) is 15.9 Å². The Morgan fingerprint density at radius 3 is 2.75 bits per heavy atom. The number of benzene rings is 1. The second kappa shape index (κ2) is 3.85. The van der Waals surface area contributed by atoms with Gasteiger partial charge in [0.15, 0.2) is 0 Å². The highest BCUT2D eigenvalue weighted by molar-refractivity contribution is 9.10. The smallest absolute Gasteiger partial charge is 0.126 e. The van der Waals surface area contributed by atoms with Crippen molar-refractivity contribution in [1.29, 1.82) is 0 Å². The van der Waals surface area contributed by atoms with Crippen molar-refractivity contribution in [2.75, 3.05) is 0 Å². The first-order valence-electron chi connectivity index (χ1n) is 3.73. The maximum atomic E-state index is 13.1. The lowest BCUT2D eigenvalue weighted by molar-refractivity contribution is 0.757. The third kappa shape index (κ3) is 1.95. The third-order valence-corrected chi connectivity index (χ3v) is 2.20. The molecule has 0 aliphatic heterocycles. The lowest BCUT2D eigenvalue weighted by Gasteiger charge is -2.02. The summed E-state index contributed by atoms with van der Waals surface area (Å²) in [6, 6.07) is 5.58. The molecule has 0 aliphatic carbocycles. The van der Waals surface area contributed by atoms with E-state index in [1.54, 1.807) is 13.0 Å². The van der Waals surface area contributed by atoms with Gasteiger partial charge in [0.1, 0.15) is 5.83 Å². The molecular weight excluding hydrogens is 219 g/mol. The molecule has 64 valence electrons. The molecule has 0 heterocycles. The summed E-state index contributed by atoms with van der Waals surface area (Å²) >= 11 is 3.30. The van der Waals surface area contributed by atoms with E-state index in [1.165, 1.54) is 6.08 Å². The minimum Gasteiger partial charge on any atom is -0.207 e. The number of halogens is 2. The fraction of sp³-hybridized carbons (Fsp3) is 0.200. The fourth-order valence-electron chi connectivity index (χ4n) is 1.01. The normalized spacial score (nSPS) is 11.8. The molecule has 0 saturated carbocycles. The molecule has 0 atom stereocenters. The van der Waals surface area contributed by atoms with Crippen molar-refractivity contribution >= 4 is 21.8 Å². The van der Waals surface area contributed by atoms with Gasteiger partial charge in [-0.25, -0.2) is 4.39 Å². The molecule has 12 heavy (non-hydrogen) atoms. The summed E-state index contributed by atoms with van der Waals surface area (Å²) in [5, 5.41) is 0. The number of hydrogen-bond acceptors (Lipinski definition) is 0. The van der Waals surface area contributed by atoms with E-state index in [9.17, 15) is 4.39 Å². The maximum Gasteiger partial charge on any atom is 0.126 e. The van der Waals surface area contributed by atoms with Crippen LogP contribution in [0, 0.1) is 6.92 Å². The van der Waals surface area contributed by atoms with Gasteiger partial charge in [-0.15, -0.1) is 0 Å². The van der Waals surface area contributed by atoms with Crippen LogP contribution < -0.4 is 0 Å². The maximum absolute atomic E-state index is 13.1. The van der Waals surface area contributed by atoms with E-state index in [0.717, 1.165) is 10.0 Å². The first kappa shape index (κ1) is 9.46. The monoisotopic (exact) mass is 228 g/mol. The average Bonchev–Trinajstić information content (AvgIpc) is 2.08. The van der Waals surface area contributed by atoms with Crippen LogP contribution in [0.5, 0.6) is 0 Å². The molecule has 0 nitrogen and oxygen atoms in total. The van der Waals surface area contributed by atoms with E-state index >= 15 is 0 Å². The molecule has 0 unspecified atom stereocenters. The molecule has 0 amide bonds. The van der Waals surface area contributed by atoms with Crippen molar-refractivity contribution in [3.8, 4) is 0 Å². The Bertz CT molecular complexity index is 316. The summed E-state index contributed by atoms with van der Waals surface area (Å²) in [5.74, 6) is -0.172. The Morgan fingerprint density at radius 2 is 2.17 bits per heavy atom. The highest BCUT2D eigenvalue weighted by atomic mass is 79.9. The largest absolute Gasteiger partial charge is 0.207 e. The minimum atomic E-state index is -0.172. The van der Waals surface area contributed by atoms with Gasteiger partial charge < -0.3 is 0 Å². The van der Waals surface area contributed by atoms with E-state index in [1.807, 2.05) is 19.1 Å². The van der Waals surface area contributed by atoms with Gasteiger partial charge in [0.25, 0.3) is 0 Å². The zero-order valence-corrected chi connectivity index (χ0v) is 8.65. The summed E-state index contributed by atoms with van der Waals surface area (Å²) in [6.45, 7) is 3.58. The molecule has 0 radical (unpaired) electrons. The highest BCUT2D eigenvalue weighted by Crippen LogP contribution is 2.23. The molecule has 1 rings (SSSR count). The molecule has 0 fully saturated rings. The topological polar surface area (TPSA) is 0 Å². The molecular formula is C10H10BrF. The number of aryl methyl sites for hydroxylation is 1. The van der Waals surface area contributed by atoms with Crippen molar-refractivity contribution < 1.29 is 4.39 Å².